The zero-order valence-electron chi connectivity index (χ0n) is 17.7. The van der Waals surface area contributed by atoms with E-state index in [9.17, 15) is 9.59 Å². The first-order valence-electron chi connectivity index (χ1n) is 10.4. The standard InChI is InChI=1S/C24H29N3O3/c1-3-26(17-23(28)25-21-10-7-11-22(16-21)30-2)18-24(29)27-14-12-20(13-15-27)19-8-5-4-6-9-19/h4-12,16H,3,13-15,17-18H2,1-2H3,(H,25,28)/p+1. The average molecular weight is 409 g/mol. The third-order valence-corrected chi connectivity index (χ3v) is 5.37. The second-order valence-corrected chi connectivity index (χ2v) is 7.42. The van der Waals surface area contributed by atoms with E-state index in [0.29, 0.717) is 37.6 Å². The molecule has 2 aromatic rings. The monoisotopic (exact) mass is 408 g/mol. The predicted molar refractivity (Wildman–Crippen MR) is 118 cm³/mol. The minimum Gasteiger partial charge on any atom is -0.497 e. The van der Waals surface area contributed by atoms with Gasteiger partial charge in [-0.1, -0.05) is 42.5 Å². The Hall–Kier alpha value is -3.12. The molecule has 0 spiro atoms. The van der Waals surface area contributed by atoms with Crippen LogP contribution in [0.25, 0.3) is 5.57 Å². The largest absolute Gasteiger partial charge is 0.497 e. The van der Waals surface area contributed by atoms with Gasteiger partial charge in [-0.25, -0.2) is 0 Å². The molecule has 1 heterocycles. The lowest BCUT2D eigenvalue weighted by Gasteiger charge is -2.28. The predicted octanol–water partition coefficient (Wildman–Crippen LogP) is 1.85. The highest BCUT2D eigenvalue weighted by Crippen LogP contribution is 2.21. The molecule has 1 aliphatic heterocycles. The third kappa shape index (κ3) is 5.94. The van der Waals surface area contributed by atoms with Crippen LogP contribution in [0.15, 0.2) is 60.7 Å². The number of benzene rings is 2. The first-order chi connectivity index (χ1) is 14.6. The molecular formula is C24H30N3O3+. The first kappa shape index (κ1) is 21.6. The van der Waals surface area contributed by atoms with Gasteiger partial charge >= 0.3 is 0 Å². The molecule has 6 nitrogen and oxygen atoms in total. The Labute approximate surface area is 178 Å². The van der Waals surface area contributed by atoms with Gasteiger partial charge in [0.2, 0.25) is 0 Å². The molecule has 6 heteroatoms. The van der Waals surface area contributed by atoms with Gasteiger partial charge in [0.05, 0.1) is 13.7 Å². The van der Waals surface area contributed by atoms with Crippen molar-refractivity contribution in [3.8, 4) is 5.75 Å². The van der Waals surface area contributed by atoms with Crippen LogP contribution in [0.1, 0.15) is 18.9 Å². The minimum atomic E-state index is -0.113. The molecule has 0 radical (unpaired) electrons. The van der Waals surface area contributed by atoms with Gasteiger partial charge in [0.15, 0.2) is 13.1 Å². The summed E-state index contributed by atoms with van der Waals surface area (Å²) in [4.78, 5) is 28.0. The number of quaternary nitrogens is 1. The Balaban J connectivity index is 1.51. The van der Waals surface area contributed by atoms with Crippen LogP contribution in [-0.2, 0) is 9.59 Å². The SMILES string of the molecule is CC[NH+](CC(=O)Nc1cccc(OC)c1)CC(=O)N1CC=C(c2ccccc2)CC1. The van der Waals surface area contributed by atoms with Crippen molar-refractivity contribution in [2.45, 2.75) is 13.3 Å². The number of hydrogen-bond acceptors (Lipinski definition) is 3. The van der Waals surface area contributed by atoms with Crippen molar-refractivity contribution < 1.29 is 19.2 Å². The van der Waals surface area contributed by atoms with Gasteiger partial charge in [-0.15, -0.1) is 0 Å². The summed E-state index contributed by atoms with van der Waals surface area (Å²) in [5.41, 5.74) is 3.20. The van der Waals surface area contributed by atoms with Crippen molar-refractivity contribution in [2.75, 3.05) is 45.2 Å². The van der Waals surface area contributed by atoms with Crippen molar-refractivity contribution in [1.29, 1.82) is 0 Å². The summed E-state index contributed by atoms with van der Waals surface area (Å²) in [5, 5.41) is 2.88. The van der Waals surface area contributed by atoms with E-state index in [0.717, 1.165) is 11.3 Å². The number of ether oxygens (including phenoxy) is 1. The van der Waals surface area contributed by atoms with Crippen LogP contribution in [0.4, 0.5) is 5.69 Å². The maximum Gasteiger partial charge on any atom is 0.279 e. The Morgan fingerprint density at radius 1 is 1.10 bits per heavy atom. The topological polar surface area (TPSA) is 63.1 Å². The summed E-state index contributed by atoms with van der Waals surface area (Å²) in [6.45, 7) is 4.60. The summed E-state index contributed by atoms with van der Waals surface area (Å²) in [5.74, 6) is 0.665. The highest BCUT2D eigenvalue weighted by atomic mass is 16.5. The van der Waals surface area contributed by atoms with Crippen LogP contribution >= 0.6 is 0 Å². The second kappa shape index (κ2) is 10.6. The van der Waals surface area contributed by atoms with E-state index in [-0.39, 0.29) is 18.4 Å². The van der Waals surface area contributed by atoms with Crippen molar-refractivity contribution in [3.63, 3.8) is 0 Å². The van der Waals surface area contributed by atoms with Gasteiger partial charge in [0.25, 0.3) is 11.8 Å². The van der Waals surface area contributed by atoms with Gasteiger partial charge in [-0.2, -0.15) is 0 Å². The Kier molecular flexibility index (Phi) is 7.63. The molecule has 2 N–H and O–H groups in total. The van der Waals surface area contributed by atoms with Crippen molar-refractivity contribution in [1.82, 2.24) is 4.90 Å². The molecule has 0 aliphatic carbocycles. The van der Waals surface area contributed by atoms with Gasteiger partial charge < -0.3 is 19.9 Å². The summed E-state index contributed by atoms with van der Waals surface area (Å²) < 4.78 is 5.18. The van der Waals surface area contributed by atoms with Crippen LogP contribution in [0, 0.1) is 0 Å². The fourth-order valence-electron chi connectivity index (χ4n) is 3.58. The normalized spacial score (nSPS) is 14.6. The smallest absolute Gasteiger partial charge is 0.279 e. The molecule has 0 aromatic heterocycles. The maximum atomic E-state index is 12.8. The number of amides is 2. The number of methoxy groups -OCH3 is 1. The number of rotatable bonds is 8. The molecule has 0 saturated heterocycles. The molecule has 1 unspecified atom stereocenters. The third-order valence-electron chi connectivity index (χ3n) is 5.37. The number of carbonyl (C=O) groups is 2. The van der Waals surface area contributed by atoms with Crippen LogP contribution < -0.4 is 15.0 Å². The van der Waals surface area contributed by atoms with E-state index in [4.69, 9.17) is 4.74 Å². The molecule has 0 bridgehead atoms. The number of anilines is 1. The van der Waals surface area contributed by atoms with E-state index in [1.165, 1.54) is 11.1 Å². The van der Waals surface area contributed by atoms with Crippen molar-refractivity contribution in [2.24, 2.45) is 0 Å². The molecular weight excluding hydrogens is 378 g/mol. The number of nitrogens with zero attached hydrogens (tertiary/aromatic N) is 1. The van der Waals surface area contributed by atoms with E-state index < -0.39 is 0 Å². The molecule has 3 rings (SSSR count). The van der Waals surface area contributed by atoms with E-state index in [1.54, 1.807) is 13.2 Å². The van der Waals surface area contributed by atoms with Gasteiger partial charge in [-0.05, 0) is 36.6 Å². The molecule has 1 atom stereocenters. The van der Waals surface area contributed by atoms with E-state index in [1.807, 2.05) is 48.2 Å². The molecule has 0 saturated carbocycles. The second-order valence-electron chi connectivity index (χ2n) is 7.42. The van der Waals surface area contributed by atoms with Crippen molar-refractivity contribution >= 4 is 23.1 Å². The zero-order valence-corrected chi connectivity index (χ0v) is 17.7. The Bertz CT molecular complexity index is 896. The quantitative estimate of drug-likeness (QED) is 0.701. The molecule has 2 amide bonds. The van der Waals surface area contributed by atoms with Gasteiger partial charge in [0.1, 0.15) is 5.75 Å². The summed E-state index contributed by atoms with van der Waals surface area (Å²) in [7, 11) is 1.59. The summed E-state index contributed by atoms with van der Waals surface area (Å²) in [6, 6.07) is 17.5. The number of hydrogen-bond donors (Lipinski definition) is 2. The lowest BCUT2D eigenvalue weighted by molar-refractivity contribution is -0.882. The molecule has 30 heavy (non-hydrogen) atoms. The lowest BCUT2D eigenvalue weighted by Crippen LogP contribution is -3.14. The number of carbonyl (C=O) groups excluding carboxylic acids is 2. The van der Waals surface area contributed by atoms with Crippen molar-refractivity contribution in [3.05, 3.63) is 66.2 Å². The fraction of sp³-hybridized carbons (Fsp3) is 0.333. The highest BCUT2D eigenvalue weighted by Gasteiger charge is 2.23. The molecule has 158 valence electrons. The van der Waals surface area contributed by atoms with Crippen LogP contribution in [0.3, 0.4) is 0 Å². The van der Waals surface area contributed by atoms with E-state index >= 15 is 0 Å². The van der Waals surface area contributed by atoms with Crippen LogP contribution in [0.5, 0.6) is 5.75 Å². The lowest BCUT2D eigenvalue weighted by atomic mass is 9.99. The maximum absolute atomic E-state index is 12.8. The fourth-order valence-corrected chi connectivity index (χ4v) is 3.58. The average Bonchev–Trinajstić information content (AvgIpc) is 2.79. The number of likely N-dealkylation sites (N-methyl/N-ethyl adjacent to an activating group) is 1. The van der Waals surface area contributed by atoms with Gasteiger partial charge in [0, 0.05) is 24.8 Å². The summed E-state index contributed by atoms with van der Waals surface area (Å²) >= 11 is 0. The minimum absolute atomic E-state index is 0.0874. The highest BCUT2D eigenvalue weighted by molar-refractivity contribution is 5.91. The number of nitrogens with one attached hydrogen (secondary N) is 2. The molecule has 0 fully saturated rings. The Morgan fingerprint density at radius 3 is 2.57 bits per heavy atom. The molecule has 1 aliphatic rings. The van der Waals surface area contributed by atoms with Gasteiger partial charge in [-0.3, -0.25) is 9.59 Å². The summed E-state index contributed by atoms with van der Waals surface area (Å²) in [6.07, 6.45) is 2.99. The first-order valence-corrected chi connectivity index (χ1v) is 10.4. The van der Waals surface area contributed by atoms with E-state index in [2.05, 4.69) is 23.5 Å². The zero-order chi connectivity index (χ0) is 21.3. The van der Waals surface area contributed by atoms with Crippen LogP contribution in [-0.4, -0.2) is 56.5 Å². The molecule has 2 aromatic carbocycles. The Morgan fingerprint density at radius 2 is 1.90 bits per heavy atom. The van der Waals surface area contributed by atoms with Crippen LogP contribution in [0.2, 0.25) is 0 Å².